The maximum atomic E-state index is 13.4. The van der Waals surface area contributed by atoms with Crippen LogP contribution in [0.1, 0.15) is 32.3 Å². The molecule has 0 bridgehead atoms. The minimum absolute atomic E-state index is 0.0485. The van der Waals surface area contributed by atoms with Crippen molar-refractivity contribution in [1.29, 1.82) is 0 Å². The molecule has 7 nitrogen and oxygen atoms in total. The van der Waals surface area contributed by atoms with Crippen molar-refractivity contribution in [1.82, 2.24) is 14.9 Å². The number of fused-ring (bicyclic) bond motifs is 1. The third-order valence-electron chi connectivity index (χ3n) is 5.59. The molecule has 1 fully saturated rings. The van der Waals surface area contributed by atoms with E-state index in [9.17, 15) is 9.18 Å². The number of carbonyl (C=O) groups is 1. The number of benzene rings is 2. The van der Waals surface area contributed by atoms with E-state index in [0.717, 1.165) is 10.9 Å². The average molecular weight is 501 g/mol. The van der Waals surface area contributed by atoms with Gasteiger partial charge in [0, 0.05) is 43.9 Å². The van der Waals surface area contributed by atoms with E-state index < -0.39 is 5.82 Å². The van der Waals surface area contributed by atoms with E-state index in [2.05, 4.69) is 21.9 Å². The number of amides is 1. The molecule has 0 unspecified atom stereocenters. The molecule has 35 heavy (non-hydrogen) atoms. The Morgan fingerprint density at radius 3 is 2.63 bits per heavy atom. The zero-order valence-corrected chi connectivity index (χ0v) is 20.9. The molecule has 0 spiro atoms. The molecule has 9 heteroatoms. The van der Waals surface area contributed by atoms with Gasteiger partial charge < -0.3 is 19.7 Å². The average Bonchev–Trinajstić information content (AvgIpc) is 2.90. The summed E-state index contributed by atoms with van der Waals surface area (Å²) in [4.78, 5) is 22.3. The Kier molecular flexibility index (Phi) is 9.25. The SMILES string of the molecule is C=CC(=O)N1CCC(Oc2cc3c(NCc4ccc(F)c(Cl)c4)ncnc3cc2OC)CC1.CC. The zero-order valence-electron chi connectivity index (χ0n) is 20.2. The molecule has 0 radical (unpaired) electrons. The number of halogens is 2. The lowest BCUT2D eigenvalue weighted by Gasteiger charge is -2.31. The molecule has 1 aromatic heterocycles. The summed E-state index contributed by atoms with van der Waals surface area (Å²) in [5.74, 6) is 1.25. The van der Waals surface area contributed by atoms with Gasteiger partial charge in [-0.15, -0.1) is 0 Å². The Balaban J connectivity index is 0.00000167. The van der Waals surface area contributed by atoms with E-state index in [1.807, 2.05) is 26.0 Å². The highest BCUT2D eigenvalue weighted by atomic mass is 35.5. The van der Waals surface area contributed by atoms with Crippen LogP contribution in [0.2, 0.25) is 5.02 Å². The van der Waals surface area contributed by atoms with Crippen molar-refractivity contribution in [2.75, 3.05) is 25.5 Å². The number of piperidine rings is 1. The first kappa shape index (κ1) is 26.2. The van der Waals surface area contributed by atoms with Gasteiger partial charge in [0.2, 0.25) is 5.91 Å². The lowest BCUT2D eigenvalue weighted by Crippen LogP contribution is -2.41. The number of ether oxygens (including phenoxy) is 2. The van der Waals surface area contributed by atoms with Gasteiger partial charge >= 0.3 is 0 Å². The van der Waals surface area contributed by atoms with E-state index in [0.29, 0.717) is 55.3 Å². The summed E-state index contributed by atoms with van der Waals surface area (Å²) >= 11 is 5.89. The minimum atomic E-state index is -0.457. The number of hydrogen-bond acceptors (Lipinski definition) is 6. The van der Waals surface area contributed by atoms with Crippen LogP contribution in [0.25, 0.3) is 10.9 Å². The first-order valence-electron chi connectivity index (χ1n) is 11.6. The molecule has 0 atom stereocenters. The molecular weight excluding hydrogens is 471 g/mol. The van der Waals surface area contributed by atoms with E-state index in [-0.39, 0.29) is 17.0 Å². The second-order valence-electron chi connectivity index (χ2n) is 7.69. The summed E-state index contributed by atoms with van der Waals surface area (Å²) in [5.41, 5.74) is 1.51. The van der Waals surface area contributed by atoms with Crippen LogP contribution in [0.4, 0.5) is 10.2 Å². The van der Waals surface area contributed by atoms with Crippen LogP contribution in [0.15, 0.2) is 49.3 Å². The summed E-state index contributed by atoms with van der Waals surface area (Å²) in [7, 11) is 1.58. The minimum Gasteiger partial charge on any atom is -0.493 e. The van der Waals surface area contributed by atoms with Gasteiger partial charge in [0.15, 0.2) is 11.5 Å². The molecule has 1 amide bonds. The van der Waals surface area contributed by atoms with Crippen LogP contribution < -0.4 is 14.8 Å². The molecule has 3 aromatic rings. The lowest BCUT2D eigenvalue weighted by atomic mass is 10.1. The third-order valence-corrected chi connectivity index (χ3v) is 5.88. The van der Waals surface area contributed by atoms with Crippen LogP contribution in [0.3, 0.4) is 0 Å². The molecular formula is C26H30ClFN4O3. The van der Waals surface area contributed by atoms with Crippen LogP contribution >= 0.6 is 11.6 Å². The third kappa shape index (κ3) is 6.39. The first-order valence-corrected chi connectivity index (χ1v) is 11.9. The second-order valence-corrected chi connectivity index (χ2v) is 8.10. The summed E-state index contributed by atoms with van der Waals surface area (Å²) in [6, 6.07) is 8.24. The smallest absolute Gasteiger partial charge is 0.245 e. The Labute approximate surface area is 209 Å². The highest BCUT2D eigenvalue weighted by molar-refractivity contribution is 6.30. The van der Waals surface area contributed by atoms with Crippen molar-refractivity contribution in [3.8, 4) is 11.5 Å². The highest BCUT2D eigenvalue weighted by Gasteiger charge is 2.24. The highest BCUT2D eigenvalue weighted by Crippen LogP contribution is 2.35. The fourth-order valence-electron chi connectivity index (χ4n) is 3.79. The van der Waals surface area contributed by atoms with Gasteiger partial charge in [-0.1, -0.05) is 38.1 Å². The Bertz CT molecular complexity index is 1180. The molecule has 0 aliphatic carbocycles. The molecule has 1 aliphatic heterocycles. The van der Waals surface area contributed by atoms with Crippen LogP contribution in [0, 0.1) is 5.82 Å². The van der Waals surface area contributed by atoms with E-state index in [1.54, 1.807) is 24.1 Å². The fourth-order valence-corrected chi connectivity index (χ4v) is 4.00. The van der Waals surface area contributed by atoms with Gasteiger partial charge in [0.1, 0.15) is 24.1 Å². The number of anilines is 1. The van der Waals surface area contributed by atoms with Crippen LogP contribution in [-0.2, 0) is 11.3 Å². The van der Waals surface area contributed by atoms with Crippen molar-refractivity contribution in [2.24, 2.45) is 0 Å². The fraction of sp³-hybridized carbons (Fsp3) is 0.346. The topological polar surface area (TPSA) is 76.6 Å². The van der Waals surface area contributed by atoms with Gasteiger partial charge in [0.25, 0.3) is 0 Å². The number of likely N-dealkylation sites (tertiary alicyclic amines) is 1. The molecule has 1 N–H and O–H groups in total. The predicted octanol–water partition coefficient (Wildman–Crippen LogP) is 5.63. The van der Waals surface area contributed by atoms with Gasteiger partial charge in [-0.05, 0) is 29.8 Å². The first-order chi connectivity index (χ1) is 17.0. The zero-order chi connectivity index (χ0) is 25.4. The maximum absolute atomic E-state index is 13.4. The van der Waals surface area contributed by atoms with Crippen molar-refractivity contribution in [2.45, 2.75) is 39.3 Å². The van der Waals surface area contributed by atoms with Gasteiger partial charge in [-0.25, -0.2) is 14.4 Å². The van der Waals surface area contributed by atoms with Gasteiger partial charge in [0.05, 0.1) is 17.6 Å². The number of hydrogen-bond donors (Lipinski definition) is 1. The Hall–Kier alpha value is -3.39. The maximum Gasteiger partial charge on any atom is 0.245 e. The summed E-state index contributed by atoms with van der Waals surface area (Å²) < 4.78 is 25.2. The monoisotopic (exact) mass is 500 g/mol. The Morgan fingerprint density at radius 1 is 1.23 bits per heavy atom. The van der Waals surface area contributed by atoms with Gasteiger partial charge in [-0.2, -0.15) is 0 Å². The molecule has 1 aliphatic rings. The lowest BCUT2D eigenvalue weighted by molar-refractivity contribution is -0.127. The molecule has 4 rings (SSSR count). The number of nitrogens with zero attached hydrogens (tertiary/aromatic N) is 3. The van der Waals surface area contributed by atoms with E-state index in [4.69, 9.17) is 21.1 Å². The number of methoxy groups -OCH3 is 1. The molecule has 1 saturated heterocycles. The quantitative estimate of drug-likeness (QED) is 0.424. The Morgan fingerprint density at radius 2 is 1.97 bits per heavy atom. The molecule has 2 heterocycles. The molecule has 2 aromatic carbocycles. The summed E-state index contributed by atoms with van der Waals surface area (Å²) in [5, 5.41) is 4.10. The standard InChI is InChI=1S/C24H24ClFN4O3.C2H6/c1-3-23(31)30-8-6-16(7-9-30)33-22-11-17-20(12-21(22)32-2)28-14-29-24(17)27-13-15-4-5-19(26)18(25)10-15;1-2/h3-5,10-12,14,16H,1,6-9,13H2,2H3,(H,27,28,29);1-2H3. The van der Waals surface area contributed by atoms with E-state index >= 15 is 0 Å². The van der Waals surface area contributed by atoms with Crippen molar-refractivity contribution >= 4 is 34.2 Å². The predicted molar refractivity (Wildman–Crippen MR) is 137 cm³/mol. The number of carbonyl (C=O) groups excluding carboxylic acids is 1. The largest absolute Gasteiger partial charge is 0.493 e. The summed E-state index contributed by atoms with van der Waals surface area (Å²) in [6.07, 6.45) is 4.18. The molecule has 0 saturated carbocycles. The van der Waals surface area contributed by atoms with Crippen LogP contribution in [0.5, 0.6) is 11.5 Å². The van der Waals surface area contributed by atoms with Crippen LogP contribution in [-0.4, -0.2) is 47.1 Å². The number of rotatable bonds is 7. The normalized spacial score (nSPS) is 13.6. The van der Waals surface area contributed by atoms with Crippen molar-refractivity contribution in [3.63, 3.8) is 0 Å². The van der Waals surface area contributed by atoms with Gasteiger partial charge in [-0.3, -0.25) is 4.79 Å². The number of aromatic nitrogens is 2. The van der Waals surface area contributed by atoms with E-state index in [1.165, 1.54) is 18.5 Å². The van der Waals surface area contributed by atoms with Crippen molar-refractivity contribution in [3.05, 3.63) is 65.7 Å². The molecule has 186 valence electrons. The summed E-state index contributed by atoms with van der Waals surface area (Å²) in [6.45, 7) is 9.18. The van der Waals surface area contributed by atoms with Crippen molar-refractivity contribution < 1.29 is 18.7 Å². The second kappa shape index (κ2) is 12.4. The number of nitrogens with one attached hydrogen (secondary N) is 1.